The normalized spacial score (nSPS) is 11.9. The zero-order valence-corrected chi connectivity index (χ0v) is 22.0. The molecular formula is C29H39N3O4. The third-order valence-corrected chi connectivity index (χ3v) is 6.24. The largest absolute Gasteiger partial charge is 0.490 e. The molecule has 1 N–H and O–H groups in total. The standard InChI is InChI=1S/C29H39N3O4/c1-5-8-10-28-31-26-16-13-22(18-27(26)32(28)30-20-23(33)7-3)17-21-11-14-24(15-12-21)36-25(9-6-2)19-29(34)35-4/h11-16,18,25,30H,5-10,17,19-20H2,1-4H3. The van der Waals surface area contributed by atoms with Crippen LogP contribution < -0.4 is 10.2 Å². The summed E-state index contributed by atoms with van der Waals surface area (Å²) in [5.41, 5.74) is 7.54. The molecule has 1 atom stereocenters. The first-order chi connectivity index (χ1) is 17.5. The van der Waals surface area contributed by atoms with Crippen LogP contribution in [0.4, 0.5) is 0 Å². The van der Waals surface area contributed by atoms with E-state index < -0.39 is 0 Å². The number of esters is 1. The van der Waals surface area contributed by atoms with Crippen LogP contribution in [0.1, 0.15) is 76.2 Å². The first kappa shape index (κ1) is 27.2. The Morgan fingerprint density at radius 2 is 1.78 bits per heavy atom. The summed E-state index contributed by atoms with van der Waals surface area (Å²) in [6.07, 6.45) is 6.06. The molecule has 194 valence electrons. The van der Waals surface area contributed by atoms with Gasteiger partial charge in [0, 0.05) is 12.8 Å². The summed E-state index contributed by atoms with van der Waals surface area (Å²) in [6, 6.07) is 14.3. The lowest BCUT2D eigenvalue weighted by Gasteiger charge is -2.17. The van der Waals surface area contributed by atoms with Gasteiger partial charge < -0.3 is 14.9 Å². The summed E-state index contributed by atoms with van der Waals surface area (Å²) in [6.45, 7) is 6.41. The van der Waals surface area contributed by atoms with E-state index >= 15 is 0 Å². The van der Waals surface area contributed by atoms with E-state index in [1.807, 2.05) is 23.7 Å². The zero-order chi connectivity index (χ0) is 25.9. The SMILES string of the molecule is CCCCc1nc2ccc(Cc3ccc(OC(CCC)CC(=O)OC)cc3)cc2n1NCC(=O)CC. The molecule has 0 saturated carbocycles. The van der Waals surface area contributed by atoms with Gasteiger partial charge >= 0.3 is 5.97 Å². The third kappa shape index (κ3) is 7.57. The molecule has 0 amide bonds. The highest BCUT2D eigenvalue weighted by molar-refractivity contribution is 5.82. The fourth-order valence-electron chi connectivity index (χ4n) is 4.16. The number of imidazole rings is 1. The highest BCUT2D eigenvalue weighted by atomic mass is 16.5. The van der Waals surface area contributed by atoms with Gasteiger partial charge in [-0.25, -0.2) is 9.66 Å². The van der Waals surface area contributed by atoms with Crippen molar-refractivity contribution in [2.24, 2.45) is 0 Å². The molecular weight excluding hydrogens is 454 g/mol. The van der Waals surface area contributed by atoms with E-state index in [0.29, 0.717) is 13.0 Å². The summed E-state index contributed by atoms with van der Waals surface area (Å²) < 4.78 is 12.8. The van der Waals surface area contributed by atoms with Gasteiger partial charge in [0.2, 0.25) is 0 Å². The Morgan fingerprint density at radius 1 is 1.03 bits per heavy atom. The van der Waals surface area contributed by atoms with E-state index in [2.05, 4.69) is 49.6 Å². The lowest BCUT2D eigenvalue weighted by atomic mass is 10.0. The maximum absolute atomic E-state index is 11.9. The lowest BCUT2D eigenvalue weighted by molar-refractivity contribution is -0.142. The van der Waals surface area contributed by atoms with Crippen molar-refractivity contribution < 1.29 is 19.1 Å². The van der Waals surface area contributed by atoms with Crippen LogP contribution in [-0.4, -0.2) is 41.2 Å². The van der Waals surface area contributed by atoms with Crippen LogP contribution in [0.2, 0.25) is 0 Å². The number of nitrogens with zero attached hydrogens (tertiary/aromatic N) is 2. The molecule has 3 rings (SSSR count). The van der Waals surface area contributed by atoms with Crippen LogP contribution in [0, 0.1) is 0 Å². The fourth-order valence-corrected chi connectivity index (χ4v) is 4.16. The van der Waals surface area contributed by atoms with Gasteiger partial charge in [-0.1, -0.05) is 51.8 Å². The lowest BCUT2D eigenvalue weighted by Crippen LogP contribution is -2.23. The van der Waals surface area contributed by atoms with Crippen LogP contribution in [0.15, 0.2) is 42.5 Å². The first-order valence-corrected chi connectivity index (χ1v) is 13.1. The minimum atomic E-state index is -0.258. The van der Waals surface area contributed by atoms with Crippen LogP contribution in [0.25, 0.3) is 11.0 Å². The summed E-state index contributed by atoms with van der Waals surface area (Å²) in [7, 11) is 1.40. The Labute approximate surface area is 214 Å². The molecule has 1 heterocycles. The van der Waals surface area contributed by atoms with Gasteiger partial charge in [0.1, 0.15) is 17.7 Å². The number of benzene rings is 2. The summed E-state index contributed by atoms with van der Waals surface area (Å²) in [5.74, 6) is 1.62. The molecule has 0 aliphatic carbocycles. The van der Waals surface area contributed by atoms with E-state index in [1.165, 1.54) is 7.11 Å². The molecule has 36 heavy (non-hydrogen) atoms. The van der Waals surface area contributed by atoms with Gasteiger partial charge in [-0.3, -0.25) is 9.59 Å². The van der Waals surface area contributed by atoms with Gasteiger partial charge in [-0.2, -0.15) is 0 Å². The second-order valence-electron chi connectivity index (χ2n) is 9.15. The second-order valence-corrected chi connectivity index (χ2v) is 9.15. The fraction of sp³-hybridized carbons (Fsp3) is 0.483. The van der Waals surface area contributed by atoms with Crippen molar-refractivity contribution in [3.05, 3.63) is 59.4 Å². The predicted octanol–water partition coefficient (Wildman–Crippen LogP) is 5.60. The van der Waals surface area contributed by atoms with Crippen molar-refractivity contribution >= 4 is 22.8 Å². The summed E-state index contributed by atoms with van der Waals surface area (Å²) >= 11 is 0. The average molecular weight is 494 g/mol. The summed E-state index contributed by atoms with van der Waals surface area (Å²) in [4.78, 5) is 28.4. The number of hydrogen-bond donors (Lipinski definition) is 1. The topological polar surface area (TPSA) is 82.4 Å². The number of nitrogens with one attached hydrogen (secondary N) is 1. The van der Waals surface area contributed by atoms with E-state index in [9.17, 15) is 9.59 Å². The van der Waals surface area contributed by atoms with Gasteiger partial charge in [-0.15, -0.1) is 0 Å². The number of methoxy groups -OCH3 is 1. The molecule has 0 radical (unpaired) electrons. The maximum atomic E-state index is 11.9. The Balaban J connectivity index is 1.75. The molecule has 0 aliphatic heterocycles. The van der Waals surface area contributed by atoms with Gasteiger partial charge in [0.05, 0.1) is 31.1 Å². The number of carbonyl (C=O) groups excluding carboxylic acids is 2. The number of ketones is 1. The number of unbranched alkanes of at least 4 members (excludes halogenated alkanes) is 1. The van der Waals surface area contributed by atoms with E-state index in [0.717, 1.165) is 72.3 Å². The smallest absolute Gasteiger partial charge is 0.309 e. The number of carbonyl (C=O) groups is 2. The van der Waals surface area contributed by atoms with Crippen LogP contribution >= 0.6 is 0 Å². The number of aromatic nitrogens is 2. The zero-order valence-electron chi connectivity index (χ0n) is 22.0. The van der Waals surface area contributed by atoms with Gasteiger partial charge in [0.15, 0.2) is 5.78 Å². The van der Waals surface area contributed by atoms with Crippen molar-refractivity contribution in [3.8, 4) is 5.75 Å². The highest BCUT2D eigenvalue weighted by Gasteiger charge is 2.16. The molecule has 0 bridgehead atoms. The Bertz CT molecular complexity index is 1140. The van der Waals surface area contributed by atoms with Crippen molar-refractivity contribution in [3.63, 3.8) is 0 Å². The molecule has 1 aromatic heterocycles. The molecule has 3 aromatic rings. The number of Topliss-reactive ketones (excluding diaryl/α,β-unsaturated/α-hetero) is 1. The number of rotatable bonds is 15. The molecule has 7 heteroatoms. The predicted molar refractivity (Wildman–Crippen MR) is 143 cm³/mol. The minimum absolute atomic E-state index is 0.171. The monoisotopic (exact) mass is 493 g/mol. The molecule has 0 fully saturated rings. The third-order valence-electron chi connectivity index (χ3n) is 6.24. The second kappa shape index (κ2) is 13.7. The number of hydrogen-bond acceptors (Lipinski definition) is 6. The molecule has 0 spiro atoms. The quantitative estimate of drug-likeness (QED) is 0.277. The average Bonchev–Trinajstić information content (AvgIpc) is 3.23. The van der Waals surface area contributed by atoms with Crippen molar-refractivity contribution in [1.29, 1.82) is 0 Å². The van der Waals surface area contributed by atoms with Gasteiger partial charge in [0.25, 0.3) is 0 Å². The molecule has 1 unspecified atom stereocenters. The molecule has 0 aliphatic rings. The van der Waals surface area contributed by atoms with E-state index in [4.69, 9.17) is 14.5 Å². The highest BCUT2D eigenvalue weighted by Crippen LogP contribution is 2.22. The van der Waals surface area contributed by atoms with E-state index in [-0.39, 0.29) is 24.3 Å². The Kier molecular flexibility index (Phi) is 10.3. The van der Waals surface area contributed by atoms with E-state index in [1.54, 1.807) is 0 Å². The van der Waals surface area contributed by atoms with Crippen molar-refractivity contribution in [1.82, 2.24) is 9.66 Å². The molecule has 2 aromatic carbocycles. The van der Waals surface area contributed by atoms with Crippen molar-refractivity contribution in [2.75, 3.05) is 19.1 Å². The number of aryl methyl sites for hydroxylation is 1. The van der Waals surface area contributed by atoms with Crippen LogP contribution in [-0.2, 0) is 27.2 Å². The molecule has 0 saturated heterocycles. The Hall–Kier alpha value is -3.35. The first-order valence-electron chi connectivity index (χ1n) is 13.1. The van der Waals surface area contributed by atoms with Crippen LogP contribution in [0.3, 0.4) is 0 Å². The number of fused-ring (bicyclic) bond motifs is 1. The Morgan fingerprint density at radius 3 is 2.44 bits per heavy atom. The molecule has 7 nitrogen and oxygen atoms in total. The van der Waals surface area contributed by atoms with Gasteiger partial charge in [-0.05, 0) is 54.7 Å². The summed E-state index contributed by atoms with van der Waals surface area (Å²) in [5, 5.41) is 0. The number of ether oxygens (including phenoxy) is 2. The minimum Gasteiger partial charge on any atom is -0.490 e. The van der Waals surface area contributed by atoms with Crippen LogP contribution in [0.5, 0.6) is 5.75 Å². The maximum Gasteiger partial charge on any atom is 0.309 e. The van der Waals surface area contributed by atoms with Crippen molar-refractivity contribution in [2.45, 2.75) is 78.2 Å².